The molecule has 0 atom stereocenters. The van der Waals surface area contributed by atoms with E-state index in [1.807, 2.05) is 30.1 Å². The van der Waals surface area contributed by atoms with Crippen LogP contribution < -0.4 is 5.32 Å². The Bertz CT molecular complexity index is 534. The van der Waals surface area contributed by atoms with Crippen LogP contribution >= 0.6 is 11.6 Å². The molecular formula is C15H20ClN3. The molecule has 1 N–H and O–H groups in total. The van der Waals surface area contributed by atoms with E-state index in [1.165, 1.54) is 5.56 Å². The standard InChI is InChI=1S/C15H20ClN3/c1-3-6-17-11-13-5-4-12(9-14(13)16)10-15-18-7-8-19(15)2/h4-5,7-9,17H,3,6,10-11H2,1-2H3. The number of imidazole rings is 1. The molecule has 2 rings (SSSR count). The van der Waals surface area contributed by atoms with Crippen LogP contribution in [0.15, 0.2) is 30.6 Å². The van der Waals surface area contributed by atoms with E-state index in [0.717, 1.165) is 42.3 Å². The van der Waals surface area contributed by atoms with E-state index >= 15 is 0 Å². The zero-order valence-electron chi connectivity index (χ0n) is 11.5. The number of aromatic nitrogens is 2. The van der Waals surface area contributed by atoms with Gasteiger partial charge in [0, 0.05) is 37.4 Å². The monoisotopic (exact) mass is 277 g/mol. The van der Waals surface area contributed by atoms with Gasteiger partial charge in [0.25, 0.3) is 0 Å². The summed E-state index contributed by atoms with van der Waals surface area (Å²) in [5.41, 5.74) is 2.34. The van der Waals surface area contributed by atoms with E-state index in [4.69, 9.17) is 11.6 Å². The maximum Gasteiger partial charge on any atom is 0.112 e. The Balaban J connectivity index is 2.04. The van der Waals surface area contributed by atoms with Crippen molar-refractivity contribution in [1.29, 1.82) is 0 Å². The molecule has 0 aliphatic heterocycles. The number of nitrogens with zero attached hydrogens (tertiary/aromatic N) is 2. The zero-order chi connectivity index (χ0) is 13.7. The van der Waals surface area contributed by atoms with Crippen molar-refractivity contribution >= 4 is 11.6 Å². The molecule has 2 aromatic rings. The number of nitrogens with one attached hydrogen (secondary N) is 1. The van der Waals surface area contributed by atoms with Gasteiger partial charge in [-0.2, -0.15) is 0 Å². The smallest absolute Gasteiger partial charge is 0.112 e. The van der Waals surface area contributed by atoms with Crippen LogP contribution in [0.1, 0.15) is 30.3 Å². The fourth-order valence-corrected chi connectivity index (χ4v) is 2.26. The normalized spacial score (nSPS) is 10.9. The average molecular weight is 278 g/mol. The van der Waals surface area contributed by atoms with Gasteiger partial charge in [0.15, 0.2) is 0 Å². The summed E-state index contributed by atoms with van der Waals surface area (Å²) >= 11 is 6.32. The largest absolute Gasteiger partial charge is 0.338 e. The van der Waals surface area contributed by atoms with Gasteiger partial charge in [-0.05, 0) is 30.2 Å². The number of halogens is 1. The Kier molecular flexibility index (Phi) is 5.00. The molecule has 3 nitrogen and oxygen atoms in total. The van der Waals surface area contributed by atoms with Crippen LogP contribution in [0.2, 0.25) is 5.02 Å². The summed E-state index contributed by atoms with van der Waals surface area (Å²) in [4.78, 5) is 4.33. The Morgan fingerprint density at radius 2 is 2.21 bits per heavy atom. The minimum absolute atomic E-state index is 0.811. The molecule has 0 aliphatic carbocycles. The molecule has 0 bridgehead atoms. The van der Waals surface area contributed by atoms with E-state index < -0.39 is 0 Å². The third-order valence-corrected chi connectivity index (χ3v) is 3.49. The molecule has 0 amide bonds. The molecule has 0 radical (unpaired) electrons. The van der Waals surface area contributed by atoms with E-state index in [1.54, 1.807) is 0 Å². The van der Waals surface area contributed by atoms with Crippen LogP contribution in [0, 0.1) is 0 Å². The average Bonchev–Trinajstić information content (AvgIpc) is 2.78. The van der Waals surface area contributed by atoms with Gasteiger partial charge in [0.2, 0.25) is 0 Å². The van der Waals surface area contributed by atoms with Crippen LogP contribution in [-0.2, 0) is 20.0 Å². The summed E-state index contributed by atoms with van der Waals surface area (Å²) in [7, 11) is 2.01. The molecule has 4 heteroatoms. The number of aryl methyl sites for hydroxylation is 1. The van der Waals surface area contributed by atoms with Crippen molar-refractivity contribution in [3.63, 3.8) is 0 Å². The van der Waals surface area contributed by atoms with Crippen molar-refractivity contribution in [2.24, 2.45) is 7.05 Å². The lowest BCUT2D eigenvalue weighted by atomic mass is 10.1. The lowest BCUT2D eigenvalue weighted by Crippen LogP contribution is -2.14. The van der Waals surface area contributed by atoms with Gasteiger partial charge in [-0.1, -0.05) is 30.7 Å². The SMILES string of the molecule is CCCNCc1ccc(Cc2nccn2C)cc1Cl. The molecule has 0 aliphatic rings. The van der Waals surface area contributed by atoms with Gasteiger partial charge in [0.1, 0.15) is 5.82 Å². The highest BCUT2D eigenvalue weighted by Crippen LogP contribution is 2.19. The Labute approximate surface area is 119 Å². The van der Waals surface area contributed by atoms with Crippen molar-refractivity contribution in [2.75, 3.05) is 6.54 Å². The summed E-state index contributed by atoms with van der Waals surface area (Å²) < 4.78 is 2.03. The second-order valence-electron chi connectivity index (χ2n) is 4.73. The molecule has 0 fully saturated rings. The molecule has 1 aromatic heterocycles. The van der Waals surface area contributed by atoms with Crippen molar-refractivity contribution in [3.05, 3.63) is 52.6 Å². The minimum Gasteiger partial charge on any atom is -0.338 e. The van der Waals surface area contributed by atoms with Crippen LogP contribution in [0.25, 0.3) is 0 Å². The fourth-order valence-electron chi connectivity index (χ4n) is 1.99. The summed E-state index contributed by atoms with van der Waals surface area (Å²) in [6, 6.07) is 6.27. The molecule has 1 aromatic carbocycles. The first-order chi connectivity index (χ1) is 9.20. The molecule has 19 heavy (non-hydrogen) atoms. The molecule has 0 unspecified atom stereocenters. The Morgan fingerprint density at radius 3 is 2.84 bits per heavy atom. The van der Waals surface area contributed by atoms with E-state index in [2.05, 4.69) is 29.4 Å². The van der Waals surface area contributed by atoms with Crippen molar-refractivity contribution in [3.8, 4) is 0 Å². The molecule has 1 heterocycles. The van der Waals surface area contributed by atoms with Crippen molar-refractivity contribution in [2.45, 2.75) is 26.3 Å². The van der Waals surface area contributed by atoms with E-state index in [0.29, 0.717) is 0 Å². The van der Waals surface area contributed by atoms with Crippen LogP contribution in [0.3, 0.4) is 0 Å². The third-order valence-electron chi connectivity index (χ3n) is 3.14. The second-order valence-corrected chi connectivity index (χ2v) is 5.14. The van der Waals surface area contributed by atoms with E-state index in [-0.39, 0.29) is 0 Å². The number of hydrogen-bond acceptors (Lipinski definition) is 2. The zero-order valence-corrected chi connectivity index (χ0v) is 12.2. The van der Waals surface area contributed by atoms with Gasteiger partial charge in [-0.25, -0.2) is 4.98 Å². The quantitative estimate of drug-likeness (QED) is 0.822. The highest BCUT2D eigenvalue weighted by molar-refractivity contribution is 6.31. The van der Waals surface area contributed by atoms with Crippen LogP contribution in [-0.4, -0.2) is 16.1 Å². The number of hydrogen-bond donors (Lipinski definition) is 1. The first-order valence-electron chi connectivity index (χ1n) is 6.65. The highest BCUT2D eigenvalue weighted by atomic mass is 35.5. The van der Waals surface area contributed by atoms with Crippen molar-refractivity contribution < 1.29 is 0 Å². The van der Waals surface area contributed by atoms with Gasteiger partial charge in [-0.15, -0.1) is 0 Å². The number of benzene rings is 1. The predicted octanol–water partition coefficient (Wildman–Crippen LogP) is 3.16. The molecular weight excluding hydrogens is 258 g/mol. The van der Waals surface area contributed by atoms with Gasteiger partial charge < -0.3 is 9.88 Å². The fraction of sp³-hybridized carbons (Fsp3) is 0.400. The lowest BCUT2D eigenvalue weighted by Gasteiger charge is -2.08. The van der Waals surface area contributed by atoms with E-state index in [9.17, 15) is 0 Å². The molecule has 0 spiro atoms. The summed E-state index contributed by atoms with van der Waals surface area (Å²) in [5, 5.41) is 4.19. The van der Waals surface area contributed by atoms with Crippen molar-refractivity contribution in [1.82, 2.24) is 14.9 Å². The predicted molar refractivity (Wildman–Crippen MR) is 79.5 cm³/mol. The van der Waals surface area contributed by atoms with Crippen LogP contribution in [0.4, 0.5) is 0 Å². The first-order valence-corrected chi connectivity index (χ1v) is 7.02. The Hall–Kier alpha value is -1.32. The summed E-state index contributed by atoms with van der Waals surface area (Å²) in [6.45, 7) is 4.01. The molecule has 0 saturated heterocycles. The van der Waals surface area contributed by atoms with Gasteiger partial charge in [-0.3, -0.25) is 0 Å². The third kappa shape index (κ3) is 3.82. The maximum absolute atomic E-state index is 6.32. The number of rotatable bonds is 6. The summed E-state index contributed by atoms with van der Waals surface area (Å²) in [6.07, 6.45) is 5.72. The topological polar surface area (TPSA) is 29.9 Å². The molecule has 102 valence electrons. The minimum atomic E-state index is 0.811. The highest BCUT2D eigenvalue weighted by Gasteiger charge is 2.05. The van der Waals surface area contributed by atoms with Gasteiger partial charge in [0.05, 0.1) is 0 Å². The maximum atomic E-state index is 6.32. The molecule has 0 saturated carbocycles. The van der Waals surface area contributed by atoms with Gasteiger partial charge >= 0.3 is 0 Å². The Morgan fingerprint density at radius 1 is 1.37 bits per heavy atom. The first kappa shape index (κ1) is 14.1. The summed E-state index contributed by atoms with van der Waals surface area (Å²) in [5.74, 6) is 1.05. The lowest BCUT2D eigenvalue weighted by molar-refractivity contribution is 0.675. The van der Waals surface area contributed by atoms with Crippen LogP contribution in [0.5, 0.6) is 0 Å². The second kappa shape index (κ2) is 6.73.